The van der Waals surface area contributed by atoms with E-state index in [1.165, 1.54) is 6.20 Å². The molecule has 5 heteroatoms. The number of ether oxygens (including phenoxy) is 1. The molecule has 0 spiro atoms. The molecule has 0 bridgehead atoms. The summed E-state index contributed by atoms with van der Waals surface area (Å²) >= 11 is 0. The first-order chi connectivity index (χ1) is 10.7. The smallest absolute Gasteiger partial charge is 0.278 e. The summed E-state index contributed by atoms with van der Waals surface area (Å²) in [6.07, 6.45) is 6.62. The van der Waals surface area contributed by atoms with Crippen molar-refractivity contribution in [1.82, 2.24) is 9.97 Å². The average Bonchev–Trinajstić information content (AvgIpc) is 2.60. The molecule has 1 atom stereocenters. The van der Waals surface area contributed by atoms with E-state index in [0.717, 1.165) is 29.8 Å². The van der Waals surface area contributed by atoms with Crippen molar-refractivity contribution in [2.24, 2.45) is 5.92 Å². The van der Waals surface area contributed by atoms with Gasteiger partial charge in [0.25, 0.3) is 5.91 Å². The van der Waals surface area contributed by atoms with Crippen LogP contribution in [0.1, 0.15) is 29.4 Å². The number of hydrogen-bond acceptors (Lipinski definition) is 4. The van der Waals surface area contributed by atoms with E-state index in [9.17, 15) is 4.79 Å². The van der Waals surface area contributed by atoms with Crippen LogP contribution in [0.3, 0.4) is 0 Å². The number of fused-ring (bicyclic) bond motifs is 1. The molecule has 1 aliphatic heterocycles. The van der Waals surface area contributed by atoms with Crippen LogP contribution < -0.4 is 9.64 Å². The molecular formula is C17H19N3O2. The first-order valence-corrected chi connectivity index (χ1v) is 7.47. The lowest BCUT2D eigenvalue weighted by atomic mass is 9.90. The maximum atomic E-state index is 12.8. The summed E-state index contributed by atoms with van der Waals surface area (Å²) in [6.45, 7) is 2.87. The van der Waals surface area contributed by atoms with Crippen LogP contribution in [0.4, 0.5) is 5.69 Å². The van der Waals surface area contributed by atoms with E-state index in [1.807, 2.05) is 23.1 Å². The monoisotopic (exact) mass is 297 g/mol. The molecule has 0 fully saturated rings. The Bertz CT molecular complexity index is 673. The van der Waals surface area contributed by atoms with Gasteiger partial charge in [-0.05, 0) is 36.1 Å². The number of anilines is 1. The highest BCUT2D eigenvalue weighted by atomic mass is 16.5. The Balaban J connectivity index is 1.99. The van der Waals surface area contributed by atoms with Gasteiger partial charge in [-0.25, -0.2) is 4.98 Å². The van der Waals surface area contributed by atoms with Crippen LogP contribution in [-0.4, -0.2) is 29.5 Å². The van der Waals surface area contributed by atoms with Crippen molar-refractivity contribution in [2.75, 3.05) is 18.6 Å². The number of amides is 1. The summed E-state index contributed by atoms with van der Waals surface area (Å²) in [5.74, 6) is 1.17. The number of carbonyl (C=O) groups excluding carboxylic acids is 1. The van der Waals surface area contributed by atoms with Crippen LogP contribution in [0.15, 0.2) is 36.8 Å². The van der Waals surface area contributed by atoms with E-state index in [-0.39, 0.29) is 5.91 Å². The molecule has 114 valence electrons. The van der Waals surface area contributed by atoms with Crippen LogP contribution >= 0.6 is 0 Å². The van der Waals surface area contributed by atoms with Crippen molar-refractivity contribution in [2.45, 2.75) is 19.8 Å². The minimum Gasteiger partial charge on any atom is -0.497 e. The summed E-state index contributed by atoms with van der Waals surface area (Å²) in [5, 5.41) is 0. The van der Waals surface area contributed by atoms with Gasteiger partial charge in [-0.3, -0.25) is 9.78 Å². The second-order valence-corrected chi connectivity index (χ2v) is 5.48. The number of carbonyl (C=O) groups is 1. The topological polar surface area (TPSA) is 55.3 Å². The Morgan fingerprint density at radius 3 is 2.95 bits per heavy atom. The van der Waals surface area contributed by atoms with Gasteiger partial charge in [0, 0.05) is 24.6 Å². The predicted molar refractivity (Wildman–Crippen MR) is 84.2 cm³/mol. The van der Waals surface area contributed by atoms with Gasteiger partial charge in [-0.2, -0.15) is 0 Å². The van der Waals surface area contributed by atoms with E-state index < -0.39 is 0 Å². The molecule has 2 aromatic rings. The molecule has 2 heterocycles. The van der Waals surface area contributed by atoms with Crippen molar-refractivity contribution in [1.29, 1.82) is 0 Å². The number of hydrogen-bond donors (Lipinski definition) is 0. The van der Waals surface area contributed by atoms with Crippen molar-refractivity contribution < 1.29 is 9.53 Å². The Kier molecular flexibility index (Phi) is 4.04. The normalized spacial score (nSPS) is 17.0. The third-order valence-electron chi connectivity index (χ3n) is 4.13. The fourth-order valence-corrected chi connectivity index (χ4v) is 2.86. The molecule has 5 nitrogen and oxygen atoms in total. The molecule has 0 N–H and O–H groups in total. The minimum absolute atomic E-state index is 0.0994. The molecule has 0 radical (unpaired) electrons. The van der Waals surface area contributed by atoms with Gasteiger partial charge in [0.1, 0.15) is 11.4 Å². The van der Waals surface area contributed by atoms with Crippen molar-refractivity contribution in [3.05, 3.63) is 48.0 Å². The van der Waals surface area contributed by atoms with Crippen molar-refractivity contribution in [3.8, 4) is 5.75 Å². The summed E-state index contributed by atoms with van der Waals surface area (Å²) < 4.78 is 5.30. The van der Waals surface area contributed by atoms with Crippen LogP contribution in [0.25, 0.3) is 0 Å². The molecule has 1 amide bonds. The zero-order chi connectivity index (χ0) is 15.5. The summed E-state index contributed by atoms with van der Waals surface area (Å²) in [6, 6.07) is 5.87. The number of benzene rings is 1. The van der Waals surface area contributed by atoms with E-state index in [1.54, 1.807) is 19.5 Å². The summed E-state index contributed by atoms with van der Waals surface area (Å²) in [4.78, 5) is 22.7. The van der Waals surface area contributed by atoms with Crippen LogP contribution in [-0.2, 0) is 6.42 Å². The first kappa shape index (κ1) is 14.5. The Hall–Kier alpha value is -2.43. The van der Waals surface area contributed by atoms with Crippen LogP contribution in [0, 0.1) is 5.92 Å². The van der Waals surface area contributed by atoms with Gasteiger partial charge in [0.15, 0.2) is 0 Å². The van der Waals surface area contributed by atoms with Gasteiger partial charge < -0.3 is 9.64 Å². The molecular weight excluding hydrogens is 278 g/mol. The average molecular weight is 297 g/mol. The number of aromatic nitrogens is 2. The van der Waals surface area contributed by atoms with Crippen molar-refractivity contribution in [3.63, 3.8) is 0 Å². The third kappa shape index (κ3) is 2.66. The molecule has 1 aliphatic rings. The second kappa shape index (κ2) is 6.13. The molecule has 0 saturated carbocycles. The number of methoxy groups -OCH3 is 1. The highest BCUT2D eigenvalue weighted by Gasteiger charge is 2.29. The highest BCUT2D eigenvalue weighted by molar-refractivity contribution is 6.05. The van der Waals surface area contributed by atoms with Crippen LogP contribution in [0.2, 0.25) is 0 Å². The molecule has 0 aliphatic carbocycles. The first-order valence-electron chi connectivity index (χ1n) is 7.47. The minimum atomic E-state index is -0.0994. The van der Waals surface area contributed by atoms with E-state index in [2.05, 4.69) is 16.9 Å². The Morgan fingerprint density at radius 2 is 2.27 bits per heavy atom. The lowest BCUT2D eigenvalue weighted by Crippen LogP contribution is -2.40. The van der Waals surface area contributed by atoms with E-state index in [0.29, 0.717) is 18.2 Å². The Morgan fingerprint density at radius 1 is 1.41 bits per heavy atom. The van der Waals surface area contributed by atoms with E-state index >= 15 is 0 Å². The Labute approximate surface area is 130 Å². The lowest BCUT2D eigenvalue weighted by molar-refractivity contribution is 0.0974. The van der Waals surface area contributed by atoms with Crippen LogP contribution in [0.5, 0.6) is 5.75 Å². The standard InChI is InChI=1S/C17H19N3O2/c1-3-12-8-13-9-14(22-2)4-5-16(13)20(11-12)17(21)15-10-18-6-7-19-15/h4-7,9-10,12H,3,8,11H2,1-2H3. The SMILES string of the molecule is CCC1Cc2cc(OC)ccc2N(C(=O)c2cnccn2)C1. The fraction of sp³-hybridized carbons (Fsp3) is 0.353. The maximum Gasteiger partial charge on any atom is 0.278 e. The summed E-state index contributed by atoms with van der Waals surface area (Å²) in [5.41, 5.74) is 2.47. The van der Waals surface area contributed by atoms with E-state index in [4.69, 9.17) is 4.74 Å². The molecule has 1 unspecified atom stereocenters. The van der Waals surface area contributed by atoms with Gasteiger partial charge in [0.2, 0.25) is 0 Å². The number of nitrogens with zero attached hydrogens (tertiary/aromatic N) is 3. The molecule has 3 rings (SSSR count). The van der Waals surface area contributed by atoms with Crippen molar-refractivity contribution >= 4 is 11.6 Å². The third-order valence-corrected chi connectivity index (χ3v) is 4.13. The fourth-order valence-electron chi connectivity index (χ4n) is 2.86. The van der Waals surface area contributed by atoms with Gasteiger partial charge >= 0.3 is 0 Å². The summed E-state index contributed by atoms with van der Waals surface area (Å²) in [7, 11) is 1.66. The van der Waals surface area contributed by atoms with Gasteiger partial charge in [-0.1, -0.05) is 13.3 Å². The lowest BCUT2D eigenvalue weighted by Gasteiger charge is -2.34. The maximum absolute atomic E-state index is 12.8. The highest BCUT2D eigenvalue weighted by Crippen LogP contribution is 2.34. The molecule has 1 aromatic carbocycles. The second-order valence-electron chi connectivity index (χ2n) is 5.48. The molecule has 1 aromatic heterocycles. The zero-order valence-corrected chi connectivity index (χ0v) is 12.8. The van der Waals surface area contributed by atoms with Gasteiger partial charge in [0.05, 0.1) is 13.3 Å². The molecule has 0 saturated heterocycles. The zero-order valence-electron chi connectivity index (χ0n) is 12.8. The predicted octanol–water partition coefficient (Wildman–Crippen LogP) is 2.71. The molecule has 22 heavy (non-hydrogen) atoms. The van der Waals surface area contributed by atoms with Gasteiger partial charge in [-0.15, -0.1) is 0 Å². The largest absolute Gasteiger partial charge is 0.497 e. The number of rotatable bonds is 3. The quantitative estimate of drug-likeness (QED) is 0.874.